The van der Waals surface area contributed by atoms with Crippen LogP contribution in [0.1, 0.15) is 0 Å². The molecule has 0 fully saturated rings. The second-order valence-corrected chi connectivity index (χ2v) is 5.09. The number of aromatic hydroxyl groups is 1. The van der Waals surface area contributed by atoms with E-state index in [9.17, 15) is 5.11 Å². The minimum atomic E-state index is -0.00611. The van der Waals surface area contributed by atoms with Gasteiger partial charge < -0.3 is 10.1 Å². The van der Waals surface area contributed by atoms with Gasteiger partial charge in [0.05, 0.1) is 5.39 Å². The van der Waals surface area contributed by atoms with Gasteiger partial charge in [-0.3, -0.25) is 0 Å². The molecule has 2 aromatic carbocycles. The zero-order valence-electron chi connectivity index (χ0n) is 11.7. The van der Waals surface area contributed by atoms with Crippen molar-refractivity contribution in [1.82, 2.24) is 15.0 Å². The van der Waals surface area contributed by atoms with E-state index in [1.165, 1.54) is 17.5 Å². The summed E-state index contributed by atoms with van der Waals surface area (Å²) in [4.78, 5) is 11.1. The molecule has 2 N–H and O–H groups in total. The lowest BCUT2D eigenvalue weighted by Crippen LogP contribution is -1.81. The summed E-state index contributed by atoms with van der Waals surface area (Å²) in [6.45, 7) is 0. The fourth-order valence-electron chi connectivity index (χ4n) is 2.56. The van der Waals surface area contributed by atoms with E-state index < -0.39 is 0 Å². The van der Waals surface area contributed by atoms with Crippen molar-refractivity contribution < 1.29 is 5.11 Å². The Morgan fingerprint density at radius 1 is 0.773 bits per heavy atom. The third kappa shape index (κ3) is 2.11. The van der Waals surface area contributed by atoms with Gasteiger partial charge in [-0.1, -0.05) is 54.6 Å². The molecule has 0 aliphatic carbocycles. The molecule has 4 heteroatoms. The third-order valence-electron chi connectivity index (χ3n) is 3.71. The van der Waals surface area contributed by atoms with Gasteiger partial charge in [0.1, 0.15) is 12.0 Å². The molecule has 0 amide bonds. The second kappa shape index (κ2) is 5.00. The van der Waals surface area contributed by atoms with Crippen LogP contribution in [0.5, 0.6) is 5.88 Å². The van der Waals surface area contributed by atoms with Crippen molar-refractivity contribution >= 4 is 11.0 Å². The van der Waals surface area contributed by atoms with Gasteiger partial charge in [-0.15, -0.1) is 0 Å². The first kappa shape index (κ1) is 12.6. The number of hydrogen-bond donors (Lipinski definition) is 2. The van der Waals surface area contributed by atoms with E-state index in [1.54, 1.807) is 0 Å². The number of aromatic nitrogens is 3. The Labute approximate surface area is 127 Å². The first-order valence-corrected chi connectivity index (χ1v) is 7.00. The molecule has 4 nitrogen and oxygen atoms in total. The van der Waals surface area contributed by atoms with E-state index in [0.717, 1.165) is 11.3 Å². The molecule has 0 saturated carbocycles. The highest BCUT2D eigenvalue weighted by atomic mass is 16.3. The van der Waals surface area contributed by atoms with Crippen molar-refractivity contribution in [3.63, 3.8) is 0 Å². The molecule has 106 valence electrons. The number of rotatable bonds is 2. The summed E-state index contributed by atoms with van der Waals surface area (Å²) in [5.74, 6) is -0.00611. The number of H-pyrrole nitrogens is 1. The summed E-state index contributed by atoms with van der Waals surface area (Å²) in [5, 5.41) is 10.4. The summed E-state index contributed by atoms with van der Waals surface area (Å²) in [6, 6.07) is 20.4. The van der Waals surface area contributed by atoms with Gasteiger partial charge in [0, 0.05) is 5.69 Å². The number of nitrogens with one attached hydrogen (secondary N) is 1. The van der Waals surface area contributed by atoms with Crippen LogP contribution in [0.25, 0.3) is 33.4 Å². The maximum atomic E-state index is 9.75. The number of fused-ring (bicyclic) bond motifs is 1. The number of nitrogens with zero attached hydrogens (tertiary/aromatic N) is 2. The summed E-state index contributed by atoms with van der Waals surface area (Å²) < 4.78 is 0. The molecule has 0 unspecified atom stereocenters. The van der Waals surface area contributed by atoms with Crippen LogP contribution in [0.3, 0.4) is 0 Å². The van der Waals surface area contributed by atoms with Gasteiger partial charge in [-0.05, 0) is 22.8 Å². The van der Waals surface area contributed by atoms with E-state index in [-0.39, 0.29) is 5.88 Å². The van der Waals surface area contributed by atoms with Crippen LogP contribution in [-0.2, 0) is 0 Å². The SMILES string of the molecule is Oc1ncnc2[nH]c(-c3ccc(-c4ccccc4)cc3)cc12. The van der Waals surface area contributed by atoms with E-state index in [4.69, 9.17) is 0 Å². The predicted octanol–water partition coefficient (Wildman–Crippen LogP) is 4.00. The van der Waals surface area contributed by atoms with Gasteiger partial charge in [-0.2, -0.15) is 0 Å². The average Bonchev–Trinajstić information content (AvgIpc) is 3.02. The first-order chi connectivity index (χ1) is 10.8. The quantitative estimate of drug-likeness (QED) is 0.586. The normalized spacial score (nSPS) is 10.9. The summed E-state index contributed by atoms with van der Waals surface area (Å²) >= 11 is 0. The predicted molar refractivity (Wildman–Crippen MR) is 86.4 cm³/mol. The van der Waals surface area contributed by atoms with Crippen molar-refractivity contribution in [2.24, 2.45) is 0 Å². The minimum absolute atomic E-state index is 0.00611. The van der Waals surface area contributed by atoms with Crippen molar-refractivity contribution in [3.05, 3.63) is 67.0 Å². The highest BCUT2D eigenvalue weighted by Gasteiger charge is 2.08. The molecule has 0 atom stereocenters. The monoisotopic (exact) mass is 287 g/mol. The Morgan fingerprint density at radius 3 is 2.18 bits per heavy atom. The molecular weight excluding hydrogens is 274 g/mol. The molecule has 0 spiro atoms. The fraction of sp³-hybridized carbons (Fsp3) is 0. The molecule has 0 radical (unpaired) electrons. The Kier molecular flexibility index (Phi) is 2.86. The zero-order valence-corrected chi connectivity index (χ0v) is 11.7. The average molecular weight is 287 g/mol. The highest BCUT2D eigenvalue weighted by molar-refractivity contribution is 5.86. The van der Waals surface area contributed by atoms with Crippen molar-refractivity contribution in [1.29, 1.82) is 0 Å². The minimum Gasteiger partial charge on any atom is -0.493 e. The lowest BCUT2D eigenvalue weighted by atomic mass is 10.0. The van der Waals surface area contributed by atoms with E-state index >= 15 is 0 Å². The Bertz CT molecular complexity index is 928. The van der Waals surface area contributed by atoms with Crippen molar-refractivity contribution in [2.45, 2.75) is 0 Å². The van der Waals surface area contributed by atoms with Crippen LogP contribution < -0.4 is 0 Å². The molecule has 4 rings (SSSR count). The van der Waals surface area contributed by atoms with Crippen LogP contribution in [0.2, 0.25) is 0 Å². The Hall–Kier alpha value is -3.14. The largest absolute Gasteiger partial charge is 0.493 e. The van der Waals surface area contributed by atoms with E-state index in [0.29, 0.717) is 11.0 Å². The van der Waals surface area contributed by atoms with Crippen LogP contribution >= 0.6 is 0 Å². The second-order valence-electron chi connectivity index (χ2n) is 5.09. The number of aromatic amines is 1. The van der Waals surface area contributed by atoms with Crippen LogP contribution in [0.15, 0.2) is 67.0 Å². The van der Waals surface area contributed by atoms with Crippen LogP contribution in [0, 0.1) is 0 Å². The number of hydrogen-bond acceptors (Lipinski definition) is 3. The van der Waals surface area contributed by atoms with Gasteiger partial charge >= 0.3 is 0 Å². The third-order valence-corrected chi connectivity index (χ3v) is 3.71. The summed E-state index contributed by atoms with van der Waals surface area (Å²) in [7, 11) is 0. The molecule has 0 saturated heterocycles. The van der Waals surface area contributed by atoms with Crippen LogP contribution in [-0.4, -0.2) is 20.1 Å². The summed E-state index contributed by atoms with van der Waals surface area (Å²) in [6.07, 6.45) is 1.34. The molecule has 22 heavy (non-hydrogen) atoms. The summed E-state index contributed by atoms with van der Waals surface area (Å²) in [5.41, 5.74) is 4.94. The maximum Gasteiger partial charge on any atom is 0.223 e. The van der Waals surface area contributed by atoms with E-state index in [1.807, 2.05) is 24.3 Å². The van der Waals surface area contributed by atoms with Gasteiger partial charge in [0.15, 0.2) is 0 Å². The topological polar surface area (TPSA) is 61.8 Å². The zero-order chi connectivity index (χ0) is 14.9. The Balaban J connectivity index is 1.74. The molecular formula is C18H13N3O. The highest BCUT2D eigenvalue weighted by Crippen LogP contribution is 2.28. The van der Waals surface area contributed by atoms with Gasteiger partial charge in [0.2, 0.25) is 5.88 Å². The number of benzene rings is 2. The van der Waals surface area contributed by atoms with Gasteiger partial charge in [0.25, 0.3) is 0 Å². The van der Waals surface area contributed by atoms with Gasteiger partial charge in [-0.25, -0.2) is 9.97 Å². The molecule has 0 aliphatic heterocycles. The Morgan fingerprint density at radius 2 is 1.45 bits per heavy atom. The molecule has 4 aromatic rings. The van der Waals surface area contributed by atoms with Crippen molar-refractivity contribution in [2.75, 3.05) is 0 Å². The molecule has 0 aliphatic rings. The van der Waals surface area contributed by atoms with Crippen molar-refractivity contribution in [3.8, 4) is 28.3 Å². The van der Waals surface area contributed by atoms with E-state index in [2.05, 4.69) is 51.4 Å². The lowest BCUT2D eigenvalue weighted by molar-refractivity contribution is 0.459. The lowest BCUT2D eigenvalue weighted by Gasteiger charge is -2.03. The smallest absolute Gasteiger partial charge is 0.223 e. The first-order valence-electron chi connectivity index (χ1n) is 7.00. The van der Waals surface area contributed by atoms with Crippen LogP contribution in [0.4, 0.5) is 0 Å². The molecule has 0 bridgehead atoms. The fourth-order valence-corrected chi connectivity index (χ4v) is 2.56. The molecule has 2 heterocycles. The molecule has 2 aromatic heterocycles. The maximum absolute atomic E-state index is 9.75. The standard InChI is InChI=1S/C18H13N3O/c22-18-15-10-16(21-17(15)19-11-20-18)14-8-6-13(7-9-14)12-4-2-1-3-5-12/h1-11H,(H2,19,20,21,22).